The van der Waals surface area contributed by atoms with E-state index in [2.05, 4.69) is 74.5 Å². The van der Waals surface area contributed by atoms with E-state index in [0.29, 0.717) is 5.92 Å². The van der Waals surface area contributed by atoms with E-state index in [1.54, 1.807) is 0 Å². The van der Waals surface area contributed by atoms with Crippen molar-refractivity contribution in [1.82, 2.24) is 0 Å². The molecule has 17 heavy (non-hydrogen) atoms. The highest BCUT2D eigenvalue weighted by Gasteiger charge is 2.03. The first kappa shape index (κ1) is 11.7. The molecule has 0 aromatic heterocycles. The topological polar surface area (TPSA) is 0 Å². The summed E-state index contributed by atoms with van der Waals surface area (Å²) in [5.41, 5.74) is 4.02. The van der Waals surface area contributed by atoms with Crippen LogP contribution in [0.5, 0.6) is 0 Å². The van der Waals surface area contributed by atoms with Gasteiger partial charge in [-0.3, -0.25) is 0 Å². The average Bonchev–Trinajstić information content (AvgIpc) is 2.38. The minimum Gasteiger partial charge on any atom is -0.0767 e. The van der Waals surface area contributed by atoms with Crippen LogP contribution in [0.1, 0.15) is 29.5 Å². The Balaban J connectivity index is 2.15. The van der Waals surface area contributed by atoms with Gasteiger partial charge in [0, 0.05) is 0 Å². The summed E-state index contributed by atoms with van der Waals surface area (Å²) in [4.78, 5) is 0. The van der Waals surface area contributed by atoms with E-state index in [0.717, 1.165) is 0 Å². The molecule has 0 nitrogen and oxygen atoms in total. The molecule has 0 N–H and O–H groups in total. The summed E-state index contributed by atoms with van der Waals surface area (Å²) < 4.78 is 0. The quantitative estimate of drug-likeness (QED) is 0.699. The van der Waals surface area contributed by atoms with E-state index >= 15 is 0 Å². The maximum absolute atomic E-state index is 2.26. The molecule has 0 radical (unpaired) electrons. The van der Waals surface area contributed by atoms with Crippen LogP contribution in [0.4, 0.5) is 0 Å². The van der Waals surface area contributed by atoms with E-state index in [-0.39, 0.29) is 0 Å². The Kier molecular flexibility index (Phi) is 3.77. The Labute approximate surface area is 104 Å². The van der Waals surface area contributed by atoms with Crippen LogP contribution in [0.2, 0.25) is 0 Å². The van der Waals surface area contributed by atoms with Crippen molar-refractivity contribution >= 4 is 6.08 Å². The van der Waals surface area contributed by atoms with Gasteiger partial charge in [0.05, 0.1) is 0 Å². The van der Waals surface area contributed by atoms with Crippen molar-refractivity contribution in [3.63, 3.8) is 0 Å². The number of hydrogen-bond acceptors (Lipinski definition) is 0. The van der Waals surface area contributed by atoms with Crippen LogP contribution in [-0.2, 0) is 0 Å². The van der Waals surface area contributed by atoms with E-state index in [1.165, 1.54) is 16.7 Å². The molecule has 0 bridgehead atoms. The van der Waals surface area contributed by atoms with Crippen LogP contribution < -0.4 is 0 Å². The van der Waals surface area contributed by atoms with Crippen molar-refractivity contribution < 1.29 is 0 Å². The van der Waals surface area contributed by atoms with Crippen molar-refractivity contribution in [2.24, 2.45) is 0 Å². The van der Waals surface area contributed by atoms with Gasteiger partial charge in [0.2, 0.25) is 0 Å². The maximum Gasteiger partial charge on any atom is -0.000449 e. The summed E-state index contributed by atoms with van der Waals surface area (Å²) >= 11 is 0. The van der Waals surface area contributed by atoms with Crippen molar-refractivity contribution in [3.05, 3.63) is 77.4 Å². The fourth-order valence-electron chi connectivity index (χ4n) is 2.02. The second-order valence-electron chi connectivity index (χ2n) is 4.42. The van der Waals surface area contributed by atoms with Crippen molar-refractivity contribution in [2.45, 2.75) is 19.8 Å². The average molecular weight is 222 g/mol. The summed E-state index contributed by atoms with van der Waals surface area (Å²) in [5, 5.41) is 0. The maximum atomic E-state index is 2.26. The zero-order valence-corrected chi connectivity index (χ0v) is 10.4. The smallest absolute Gasteiger partial charge is 0.000449 e. The Morgan fingerprint density at radius 1 is 0.882 bits per heavy atom. The molecule has 0 saturated heterocycles. The summed E-state index contributed by atoms with van der Waals surface area (Å²) in [5.74, 6) is 0.455. The highest BCUT2D eigenvalue weighted by Crippen LogP contribution is 2.21. The van der Waals surface area contributed by atoms with Crippen molar-refractivity contribution in [1.29, 1.82) is 0 Å². The second kappa shape index (κ2) is 5.49. The van der Waals surface area contributed by atoms with Crippen LogP contribution in [0, 0.1) is 6.92 Å². The number of rotatable bonds is 3. The van der Waals surface area contributed by atoms with Gasteiger partial charge in [0.25, 0.3) is 0 Å². The number of benzene rings is 2. The lowest BCUT2D eigenvalue weighted by Gasteiger charge is -2.10. The minimum absolute atomic E-state index is 0.455. The molecule has 0 saturated carbocycles. The molecule has 86 valence electrons. The SMILES string of the molecule is Cc1ccccc1C(C)C=Cc1ccccc1. The fourth-order valence-corrected chi connectivity index (χ4v) is 2.02. The fraction of sp³-hybridized carbons (Fsp3) is 0.176. The van der Waals surface area contributed by atoms with Gasteiger partial charge in [-0.2, -0.15) is 0 Å². The van der Waals surface area contributed by atoms with Gasteiger partial charge in [0.15, 0.2) is 0 Å². The summed E-state index contributed by atoms with van der Waals surface area (Å²) in [7, 11) is 0. The Morgan fingerprint density at radius 2 is 1.53 bits per heavy atom. The second-order valence-corrected chi connectivity index (χ2v) is 4.42. The molecule has 2 rings (SSSR count). The van der Waals surface area contributed by atoms with Gasteiger partial charge in [0.1, 0.15) is 0 Å². The molecule has 2 aromatic carbocycles. The van der Waals surface area contributed by atoms with Gasteiger partial charge >= 0.3 is 0 Å². The van der Waals surface area contributed by atoms with Crippen molar-refractivity contribution in [2.75, 3.05) is 0 Å². The molecule has 0 aliphatic rings. The molecule has 0 aliphatic carbocycles. The molecule has 0 aliphatic heterocycles. The summed E-state index contributed by atoms with van der Waals surface area (Å²) in [6.07, 6.45) is 4.45. The van der Waals surface area contributed by atoms with Gasteiger partial charge in [-0.25, -0.2) is 0 Å². The van der Waals surface area contributed by atoms with Gasteiger partial charge in [-0.15, -0.1) is 0 Å². The Hall–Kier alpha value is -1.82. The molecule has 0 spiro atoms. The molecule has 0 heterocycles. The normalized spacial score (nSPS) is 12.8. The largest absolute Gasteiger partial charge is 0.0767 e. The predicted octanol–water partition coefficient (Wildman–Crippen LogP) is 4.81. The molecular weight excluding hydrogens is 204 g/mol. The van der Waals surface area contributed by atoms with E-state index in [1.807, 2.05) is 6.07 Å². The highest BCUT2D eigenvalue weighted by molar-refractivity contribution is 5.50. The minimum atomic E-state index is 0.455. The van der Waals surface area contributed by atoms with Crippen LogP contribution in [0.3, 0.4) is 0 Å². The lowest BCUT2D eigenvalue weighted by Crippen LogP contribution is -1.92. The lowest BCUT2D eigenvalue weighted by atomic mass is 9.95. The zero-order valence-electron chi connectivity index (χ0n) is 10.4. The predicted molar refractivity (Wildman–Crippen MR) is 75.1 cm³/mol. The van der Waals surface area contributed by atoms with E-state index in [4.69, 9.17) is 0 Å². The standard InChI is InChI=1S/C17H18/c1-14-8-6-7-11-17(14)15(2)12-13-16-9-4-3-5-10-16/h3-13,15H,1-2H3. The van der Waals surface area contributed by atoms with Crippen LogP contribution in [0.25, 0.3) is 6.08 Å². The van der Waals surface area contributed by atoms with Gasteiger partial charge < -0.3 is 0 Å². The third-order valence-electron chi connectivity index (χ3n) is 3.06. The monoisotopic (exact) mass is 222 g/mol. The van der Waals surface area contributed by atoms with Crippen molar-refractivity contribution in [3.8, 4) is 0 Å². The number of aryl methyl sites for hydroxylation is 1. The molecule has 1 unspecified atom stereocenters. The zero-order chi connectivity index (χ0) is 12.1. The molecule has 2 aromatic rings. The number of hydrogen-bond donors (Lipinski definition) is 0. The summed E-state index contributed by atoms with van der Waals surface area (Å²) in [6, 6.07) is 19.0. The van der Waals surface area contributed by atoms with Crippen LogP contribution >= 0.6 is 0 Å². The van der Waals surface area contributed by atoms with E-state index < -0.39 is 0 Å². The van der Waals surface area contributed by atoms with E-state index in [9.17, 15) is 0 Å². The highest BCUT2D eigenvalue weighted by atomic mass is 14.1. The summed E-state index contributed by atoms with van der Waals surface area (Å²) in [6.45, 7) is 4.41. The third kappa shape index (κ3) is 3.07. The van der Waals surface area contributed by atoms with Gasteiger partial charge in [-0.1, -0.05) is 73.7 Å². The first-order chi connectivity index (χ1) is 8.27. The molecular formula is C17H18. The number of allylic oxidation sites excluding steroid dienone is 1. The first-order valence-electron chi connectivity index (χ1n) is 6.06. The Morgan fingerprint density at radius 3 is 2.24 bits per heavy atom. The molecule has 0 heteroatoms. The lowest BCUT2D eigenvalue weighted by molar-refractivity contribution is 0.957. The van der Waals surface area contributed by atoms with Gasteiger partial charge in [-0.05, 0) is 29.5 Å². The van der Waals surface area contributed by atoms with Crippen LogP contribution in [-0.4, -0.2) is 0 Å². The third-order valence-corrected chi connectivity index (χ3v) is 3.06. The molecule has 0 fully saturated rings. The Bertz CT molecular complexity index is 494. The molecule has 0 amide bonds. The molecule has 1 atom stereocenters. The van der Waals surface area contributed by atoms with Crippen LogP contribution in [0.15, 0.2) is 60.7 Å². The first-order valence-corrected chi connectivity index (χ1v) is 6.06.